The molecule has 1 saturated heterocycles. The first-order chi connectivity index (χ1) is 12.9. The van der Waals surface area contributed by atoms with Gasteiger partial charge >= 0.3 is 6.03 Å². The van der Waals surface area contributed by atoms with Crippen molar-refractivity contribution < 1.29 is 4.79 Å². The summed E-state index contributed by atoms with van der Waals surface area (Å²) in [4.78, 5) is 14.5. The molecule has 0 atom stereocenters. The first-order valence-electron chi connectivity index (χ1n) is 8.59. The Morgan fingerprint density at radius 1 is 0.963 bits per heavy atom. The highest BCUT2D eigenvalue weighted by Crippen LogP contribution is 2.26. The number of amides is 2. The van der Waals surface area contributed by atoms with Gasteiger partial charge in [0.2, 0.25) is 0 Å². The summed E-state index contributed by atoms with van der Waals surface area (Å²) >= 11 is 24.0. The summed E-state index contributed by atoms with van der Waals surface area (Å²) in [6, 6.07) is 10.5. The highest BCUT2D eigenvalue weighted by molar-refractivity contribution is 6.42. The van der Waals surface area contributed by atoms with Gasteiger partial charge in [0.1, 0.15) is 0 Å². The van der Waals surface area contributed by atoms with Gasteiger partial charge in [-0.3, -0.25) is 4.90 Å². The fourth-order valence-electron chi connectivity index (χ4n) is 3.07. The molecule has 0 aromatic heterocycles. The lowest BCUT2D eigenvalue weighted by molar-refractivity contribution is 0.190. The third kappa shape index (κ3) is 5.90. The number of carbonyl (C=O) groups is 1. The summed E-state index contributed by atoms with van der Waals surface area (Å²) < 4.78 is 0. The summed E-state index contributed by atoms with van der Waals surface area (Å²) in [6.07, 6.45) is 1.76. The van der Waals surface area contributed by atoms with Crippen molar-refractivity contribution >= 4 is 58.1 Å². The second-order valence-electron chi connectivity index (χ2n) is 6.52. The number of anilines is 1. The molecular formula is C19H19Cl4N3O. The number of rotatable bonds is 4. The number of nitrogens with one attached hydrogen (secondary N) is 2. The number of benzene rings is 2. The summed E-state index contributed by atoms with van der Waals surface area (Å²) in [5.74, 6) is 0. The van der Waals surface area contributed by atoms with E-state index in [1.54, 1.807) is 18.2 Å². The smallest absolute Gasteiger partial charge is 0.319 e. The van der Waals surface area contributed by atoms with Gasteiger partial charge in [0.25, 0.3) is 0 Å². The summed E-state index contributed by atoms with van der Waals surface area (Å²) in [5.41, 5.74) is 1.67. The van der Waals surface area contributed by atoms with Crippen LogP contribution in [0, 0.1) is 0 Å². The molecule has 0 unspecified atom stereocenters. The molecule has 0 saturated carbocycles. The van der Waals surface area contributed by atoms with E-state index in [-0.39, 0.29) is 12.1 Å². The summed E-state index contributed by atoms with van der Waals surface area (Å²) in [6.45, 7) is 2.61. The molecule has 1 fully saturated rings. The van der Waals surface area contributed by atoms with Crippen LogP contribution in [0.15, 0.2) is 36.4 Å². The Bertz CT molecular complexity index is 823. The third-order valence-electron chi connectivity index (χ3n) is 4.49. The van der Waals surface area contributed by atoms with Gasteiger partial charge in [0.15, 0.2) is 0 Å². The normalized spacial score (nSPS) is 15.6. The van der Waals surface area contributed by atoms with Crippen LogP contribution in [0.3, 0.4) is 0 Å². The molecule has 4 nitrogen and oxygen atoms in total. The largest absolute Gasteiger partial charge is 0.335 e. The molecule has 0 aliphatic carbocycles. The van der Waals surface area contributed by atoms with E-state index in [0.717, 1.165) is 38.0 Å². The minimum absolute atomic E-state index is 0.126. The molecule has 1 aliphatic rings. The third-order valence-corrected chi connectivity index (χ3v) is 5.78. The Balaban J connectivity index is 1.46. The van der Waals surface area contributed by atoms with Gasteiger partial charge in [-0.25, -0.2) is 4.79 Å². The van der Waals surface area contributed by atoms with Crippen LogP contribution >= 0.6 is 46.4 Å². The number of likely N-dealkylation sites (tertiary alicyclic amines) is 1. The Labute approximate surface area is 178 Å². The van der Waals surface area contributed by atoms with Crippen molar-refractivity contribution in [2.45, 2.75) is 25.4 Å². The number of hydrogen-bond donors (Lipinski definition) is 2. The molecule has 1 aliphatic heterocycles. The minimum Gasteiger partial charge on any atom is -0.335 e. The lowest BCUT2D eigenvalue weighted by atomic mass is 10.0. The van der Waals surface area contributed by atoms with Crippen LogP contribution < -0.4 is 10.6 Å². The average Bonchev–Trinajstić information content (AvgIpc) is 2.62. The van der Waals surface area contributed by atoms with Crippen molar-refractivity contribution in [1.82, 2.24) is 10.2 Å². The van der Waals surface area contributed by atoms with E-state index >= 15 is 0 Å². The van der Waals surface area contributed by atoms with E-state index in [1.807, 2.05) is 18.2 Å². The van der Waals surface area contributed by atoms with Gasteiger partial charge in [-0.05, 0) is 48.7 Å². The molecule has 144 valence electrons. The van der Waals surface area contributed by atoms with Crippen LogP contribution in [-0.2, 0) is 6.54 Å². The molecule has 8 heteroatoms. The van der Waals surface area contributed by atoms with Crippen LogP contribution in [0.25, 0.3) is 0 Å². The molecule has 0 radical (unpaired) electrons. The van der Waals surface area contributed by atoms with E-state index < -0.39 is 0 Å². The van der Waals surface area contributed by atoms with Crippen LogP contribution in [-0.4, -0.2) is 30.1 Å². The monoisotopic (exact) mass is 445 g/mol. The predicted octanol–water partition coefficient (Wildman–Crippen LogP) is 6.09. The Kier molecular flexibility index (Phi) is 7.12. The lowest BCUT2D eigenvalue weighted by Gasteiger charge is -2.32. The van der Waals surface area contributed by atoms with Crippen molar-refractivity contribution in [2.75, 3.05) is 18.4 Å². The van der Waals surface area contributed by atoms with Gasteiger partial charge in [0.05, 0.1) is 20.8 Å². The van der Waals surface area contributed by atoms with Crippen LogP contribution in [0.4, 0.5) is 10.5 Å². The fourth-order valence-corrected chi connectivity index (χ4v) is 3.84. The van der Waals surface area contributed by atoms with Gasteiger partial charge in [-0.1, -0.05) is 52.5 Å². The van der Waals surface area contributed by atoms with Crippen molar-refractivity contribution in [3.05, 3.63) is 62.1 Å². The zero-order valence-electron chi connectivity index (χ0n) is 14.4. The van der Waals surface area contributed by atoms with Crippen molar-refractivity contribution in [1.29, 1.82) is 0 Å². The quantitative estimate of drug-likeness (QED) is 0.596. The van der Waals surface area contributed by atoms with Gasteiger partial charge < -0.3 is 10.6 Å². The second-order valence-corrected chi connectivity index (χ2v) is 8.18. The zero-order valence-corrected chi connectivity index (χ0v) is 17.5. The van der Waals surface area contributed by atoms with Crippen LogP contribution in [0.2, 0.25) is 20.1 Å². The SMILES string of the molecule is O=C(Nc1ccc(Cl)cc1Cl)NC1CCN(Cc2ccc(Cl)c(Cl)c2)CC1. The Hall–Kier alpha value is -1.17. The number of carbonyl (C=O) groups excluding carboxylic acids is 1. The average molecular weight is 447 g/mol. The number of nitrogens with zero attached hydrogens (tertiary/aromatic N) is 1. The first-order valence-corrected chi connectivity index (χ1v) is 10.1. The molecule has 1 heterocycles. The van der Waals surface area contributed by atoms with Crippen molar-refractivity contribution in [3.63, 3.8) is 0 Å². The maximum absolute atomic E-state index is 12.2. The standard InChI is InChI=1S/C19H19Cl4N3O/c20-13-2-4-18(17(23)10-13)25-19(27)24-14-5-7-26(8-6-14)11-12-1-3-15(21)16(22)9-12/h1-4,9-10,14H,5-8,11H2,(H2,24,25,27). The molecule has 2 aromatic carbocycles. The number of hydrogen-bond acceptors (Lipinski definition) is 2. The van der Waals surface area contributed by atoms with Gasteiger partial charge in [0, 0.05) is 30.7 Å². The maximum atomic E-state index is 12.2. The molecule has 0 spiro atoms. The fraction of sp³-hybridized carbons (Fsp3) is 0.316. The lowest BCUT2D eigenvalue weighted by Crippen LogP contribution is -2.45. The molecule has 0 bridgehead atoms. The minimum atomic E-state index is -0.262. The molecule has 3 rings (SSSR count). The summed E-state index contributed by atoms with van der Waals surface area (Å²) in [7, 11) is 0. The topological polar surface area (TPSA) is 44.4 Å². The first kappa shape index (κ1) is 20.6. The molecule has 2 amide bonds. The van der Waals surface area contributed by atoms with Crippen LogP contribution in [0.5, 0.6) is 0 Å². The number of urea groups is 1. The van der Waals surface area contributed by atoms with E-state index in [0.29, 0.717) is 25.8 Å². The van der Waals surface area contributed by atoms with E-state index in [4.69, 9.17) is 46.4 Å². The molecular weight excluding hydrogens is 428 g/mol. The molecule has 27 heavy (non-hydrogen) atoms. The highest BCUT2D eigenvalue weighted by Gasteiger charge is 2.21. The second kappa shape index (κ2) is 9.35. The van der Waals surface area contributed by atoms with Crippen molar-refractivity contribution in [3.8, 4) is 0 Å². The maximum Gasteiger partial charge on any atom is 0.319 e. The van der Waals surface area contributed by atoms with E-state index in [1.165, 1.54) is 0 Å². The molecule has 2 aromatic rings. The highest BCUT2D eigenvalue weighted by atomic mass is 35.5. The van der Waals surface area contributed by atoms with E-state index in [9.17, 15) is 4.79 Å². The zero-order chi connectivity index (χ0) is 19.4. The van der Waals surface area contributed by atoms with E-state index in [2.05, 4.69) is 15.5 Å². The number of piperidine rings is 1. The Morgan fingerprint density at radius 2 is 1.70 bits per heavy atom. The number of halogens is 4. The Morgan fingerprint density at radius 3 is 2.37 bits per heavy atom. The molecule has 2 N–H and O–H groups in total. The van der Waals surface area contributed by atoms with Gasteiger partial charge in [-0.15, -0.1) is 0 Å². The van der Waals surface area contributed by atoms with Crippen LogP contribution in [0.1, 0.15) is 18.4 Å². The van der Waals surface area contributed by atoms with Crippen molar-refractivity contribution in [2.24, 2.45) is 0 Å². The predicted molar refractivity (Wildman–Crippen MR) is 113 cm³/mol. The summed E-state index contributed by atoms with van der Waals surface area (Å²) in [5, 5.41) is 7.85. The van der Waals surface area contributed by atoms with Gasteiger partial charge in [-0.2, -0.15) is 0 Å².